The number of carbonyl (C=O) groups is 2. The van der Waals surface area contributed by atoms with E-state index in [2.05, 4.69) is 20.6 Å². The smallest absolute Gasteiger partial charge is 0.251 e. The zero-order chi connectivity index (χ0) is 21.8. The van der Waals surface area contributed by atoms with Gasteiger partial charge in [-0.3, -0.25) is 9.59 Å². The summed E-state index contributed by atoms with van der Waals surface area (Å²) in [6.07, 6.45) is 7.04. The Morgan fingerprint density at radius 1 is 1.26 bits per heavy atom. The summed E-state index contributed by atoms with van der Waals surface area (Å²) in [7, 11) is 0. The lowest BCUT2D eigenvalue weighted by molar-refractivity contribution is -0.135. The molecule has 31 heavy (non-hydrogen) atoms. The average molecular weight is 442 g/mol. The number of hydrogen-bond acceptors (Lipinski definition) is 5. The number of imidazole rings is 1. The summed E-state index contributed by atoms with van der Waals surface area (Å²) in [5.74, 6) is 0.644. The number of nitrogens with zero attached hydrogens (tertiary/aromatic N) is 2. The Morgan fingerprint density at radius 3 is 2.71 bits per heavy atom. The molecule has 1 atom stereocenters. The van der Waals surface area contributed by atoms with Crippen LogP contribution in [0.25, 0.3) is 0 Å². The molecule has 166 valence electrons. The summed E-state index contributed by atoms with van der Waals surface area (Å²) in [5, 5.41) is 6.66. The summed E-state index contributed by atoms with van der Waals surface area (Å²) in [6, 6.07) is 6.94. The van der Waals surface area contributed by atoms with E-state index in [1.54, 1.807) is 18.1 Å². The number of H-pyrrole nitrogens is 1. The average Bonchev–Trinajstić information content (AvgIpc) is 3.28. The molecule has 7 nitrogen and oxygen atoms in total. The first-order chi connectivity index (χ1) is 15.0. The highest BCUT2D eigenvalue weighted by Crippen LogP contribution is 2.36. The maximum atomic E-state index is 13.4. The van der Waals surface area contributed by atoms with E-state index >= 15 is 0 Å². The molecule has 3 heterocycles. The highest BCUT2D eigenvalue weighted by molar-refractivity contribution is 7.98. The molecule has 2 aliphatic heterocycles. The number of benzene rings is 1. The first-order valence-electron chi connectivity index (χ1n) is 11.0. The topological polar surface area (TPSA) is 90.1 Å². The van der Waals surface area contributed by atoms with Crippen molar-refractivity contribution in [3.63, 3.8) is 0 Å². The maximum Gasteiger partial charge on any atom is 0.251 e. The number of thioether (sulfide) groups is 1. The molecule has 3 N–H and O–H groups in total. The number of piperidine rings is 1. The van der Waals surface area contributed by atoms with E-state index in [-0.39, 0.29) is 17.4 Å². The SMILES string of the molecule is CSCC[C@@H](NC(=O)c1ccc(C)cc1)C(=O)N1CCC2(CC1)NCCc1[nH]cnc12. The van der Waals surface area contributed by atoms with Crippen LogP contribution in [0, 0.1) is 6.92 Å². The lowest BCUT2D eigenvalue weighted by Crippen LogP contribution is -2.57. The first kappa shape index (κ1) is 21.9. The molecule has 2 amide bonds. The van der Waals surface area contributed by atoms with Gasteiger partial charge in [0.2, 0.25) is 5.91 Å². The van der Waals surface area contributed by atoms with Crippen molar-refractivity contribution in [3.05, 3.63) is 53.1 Å². The highest BCUT2D eigenvalue weighted by Gasteiger charge is 2.42. The van der Waals surface area contributed by atoms with Crippen LogP contribution in [0.15, 0.2) is 30.6 Å². The Hall–Kier alpha value is -2.32. The summed E-state index contributed by atoms with van der Waals surface area (Å²) in [6.45, 7) is 4.23. The lowest BCUT2D eigenvalue weighted by Gasteiger charge is -2.44. The van der Waals surface area contributed by atoms with Crippen LogP contribution in [0.4, 0.5) is 0 Å². The number of aromatic amines is 1. The van der Waals surface area contributed by atoms with Gasteiger partial charge in [0.05, 0.1) is 17.6 Å². The van der Waals surface area contributed by atoms with E-state index in [0.29, 0.717) is 25.1 Å². The van der Waals surface area contributed by atoms with E-state index < -0.39 is 6.04 Å². The number of hydrogen-bond donors (Lipinski definition) is 3. The Bertz CT molecular complexity index is 918. The number of likely N-dealkylation sites (tertiary alicyclic amines) is 1. The van der Waals surface area contributed by atoms with Crippen LogP contribution in [-0.2, 0) is 16.8 Å². The molecule has 1 aromatic heterocycles. The van der Waals surface area contributed by atoms with E-state index in [0.717, 1.165) is 42.8 Å². The van der Waals surface area contributed by atoms with Crippen LogP contribution >= 0.6 is 11.8 Å². The van der Waals surface area contributed by atoms with Gasteiger partial charge in [-0.1, -0.05) is 17.7 Å². The standard InChI is InChI=1S/C23H31N5O2S/c1-16-3-5-17(6-4-16)21(29)27-19(8-14-31-2)22(30)28-12-9-23(10-13-28)20-18(7-11-26-23)24-15-25-20/h3-6,15,19,26H,7-14H2,1-2H3,(H,24,25)(H,27,29)/t19-/m1/s1. The third-order valence-electron chi connectivity index (χ3n) is 6.47. The molecular formula is C23H31N5O2S. The maximum absolute atomic E-state index is 13.4. The molecule has 1 spiro atoms. The van der Waals surface area contributed by atoms with Gasteiger partial charge in [0.1, 0.15) is 6.04 Å². The number of carbonyl (C=O) groups excluding carboxylic acids is 2. The van der Waals surface area contributed by atoms with Crippen molar-refractivity contribution in [1.82, 2.24) is 25.5 Å². The molecule has 1 fully saturated rings. The quantitative estimate of drug-likeness (QED) is 0.640. The molecule has 0 radical (unpaired) electrons. The fraction of sp³-hybridized carbons (Fsp3) is 0.522. The van der Waals surface area contributed by atoms with Crippen LogP contribution in [0.1, 0.15) is 46.6 Å². The minimum absolute atomic E-state index is 0.0161. The van der Waals surface area contributed by atoms with Crippen molar-refractivity contribution in [2.24, 2.45) is 0 Å². The zero-order valence-corrected chi connectivity index (χ0v) is 19.1. The van der Waals surface area contributed by atoms with Gasteiger partial charge in [-0.15, -0.1) is 0 Å². The van der Waals surface area contributed by atoms with Crippen LogP contribution in [-0.4, -0.2) is 64.4 Å². The Kier molecular flexibility index (Phi) is 6.67. The van der Waals surface area contributed by atoms with Gasteiger partial charge in [0, 0.05) is 37.3 Å². The Balaban J connectivity index is 1.42. The normalized spacial score (nSPS) is 18.5. The minimum atomic E-state index is -0.504. The molecule has 0 aliphatic carbocycles. The van der Waals surface area contributed by atoms with Crippen molar-refractivity contribution < 1.29 is 9.59 Å². The molecule has 0 bridgehead atoms. The van der Waals surface area contributed by atoms with Gasteiger partial charge in [-0.25, -0.2) is 4.98 Å². The predicted octanol–water partition coefficient (Wildman–Crippen LogP) is 2.23. The van der Waals surface area contributed by atoms with Crippen LogP contribution < -0.4 is 10.6 Å². The van der Waals surface area contributed by atoms with Crippen molar-refractivity contribution in [3.8, 4) is 0 Å². The minimum Gasteiger partial charge on any atom is -0.348 e. The molecule has 0 unspecified atom stereocenters. The van der Waals surface area contributed by atoms with Gasteiger partial charge in [-0.2, -0.15) is 11.8 Å². The third-order valence-corrected chi connectivity index (χ3v) is 7.11. The van der Waals surface area contributed by atoms with Gasteiger partial charge in [0.15, 0.2) is 0 Å². The second kappa shape index (κ2) is 9.44. The monoisotopic (exact) mass is 441 g/mol. The number of fused-ring (bicyclic) bond motifs is 2. The Labute approximate surface area is 187 Å². The number of aryl methyl sites for hydroxylation is 1. The molecule has 1 saturated heterocycles. The molecule has 0 saturated carbocycles. The van der Waals surface area contributed by atoms with E-state index in [9.17, 15) is 9.59 Å². The van der Waals surface area contributed by atoms with Crippen LogP contribution in [0.2, 0.25) is 0 Å². The van der Waals surface area contributed by atoms with Crippen molar-refractivity contribution >= 4 is 23.6 Å². The van der Waals surface area contributed by atoms with Gasteiger partial charge in [0.25, 0.3) is 5.91 Å². The molecule has 2 aliphatic rings. The third kappa shape index (κ3) is 4.65. The summed E-state index contributed by atoms with van der Waals surface area (Å²) >= 11 is 1.69. The molecular weight excluding hydrogens is 410 g/mol. The fourth-order valence-corrected chi connectivity index (χ4v) is 5.09. The molecule has 2 aromatic rings. The van der Waals surface area contributed by atoms with E-state index in [4.69, 9.17) is 0 Å². The number of aromatic nitrogens is 2. The van der Waals surface area contributed by atoms with Crippen LogP contribution in [0.5, 0.6) is 0 Å². The summed E-state index contributed by atoms with van der Waals surface area (Å²) in [5.41, 5.74) is 3.86. The van der Waals surface area contributed by atoms with Crippen LogP contribution in [0.3, 0.4) is 0 Å². The van der Waals surface area contributed by atoms with E-state index in [1.165, 1.54) is 5.69 Å². The van der Waals surface area contributed by atoms with Gasteiger partial charge in [-0.05, 0) is 50.3 Å². The summed E-state index contributed by atoms with van der Waals surface area (Å²) in [4.78, 5) is 35.9. The first-order valence-corrected chi connectivity index (χ1v) is 12.3. The van der Waals surface area contributed by atoms with Gasteiger partial charge >= 0.3 is 0 Å². The van der Waals surface area contributed by atoms with E-state index in [1.807, 2.05) is 42.3 Å². The molecule has 4 rings (SSSR count). The van der Waals surface area contributed by atoms with Gasteiger partial charge < -0.3 is 20.5 Å². The fourth-order valence-electron chi connectivity index (χ4n) is 4.62. The number of amides is 2. The zero-order valence-electron chi connectivity index (χ0n) is 18.2. The Morgan fingerprint density at radius 2 is 2.00 bits per heavy atom. The second-order valence-corrected chi connectivity index (χ2v) is 9.47. The number of nitrogens with one attached hydrogen (secondary N) is 3. The largest absolute Gasteiger partial charge is 0.348 e. The molecule has 8 heteroatoms. The molecule has 1 aromatic carbocycles. The highest BCUT2D eigenvalue weighted by atomic mass is 32.2. The van der Waals surface area contributed by atoms with Crippen molar-refractivity contribution in [2.45, 2.75) is 44.2 Å². The van der Waals surface area contributed by atoms with Crippen molar-refractivity contribution in [2.75, 3.05) is 31.6 Å². The number of rotatable bonds is 6. The lowest BCUT2D eigenvalue weighted by atomic mass is 9.80. The summed E-state index contributed by atoms with van der Waals surface area (Å²) < 4.78 is 0. The van der Waals surface area contributed by atoms with Crippen molar-refractivity contribution in [1.29, 1.82) is 0 Å². The predicted molar refractivity (Wildman–Crippen MR) is 123 cm³/mol. The second-order valence-electron chi connectivity index (χ2n) is 8.49.